The minimum absolute atomic E-state index is 0.0604. The molecule has 0 aliphatic carbocycles. The Bertz CT molecular complexity index is 357. The third-order valence-electron chi connectivity index (χ3n) is 2.65. The highest BCUT2D eigenvalue weighted by Crippen LogP contribution is 2.23. The van der Waals surface area contributed by atoms with Gasteiger partial charge in [-0.2, -0.15) is 0 Å². The van der Waals surface area contributed by atoms with Crippen LogP contribution >= 0.6 is 11.8 Å². The van der Waals surface area contributed by atoms with Crippen molar-refractivity contribution in [3.05, 3.63) is 29.8 Å². The summed E-state index contributed by atoms with van der Waals surface area (Å²) >= 11 is 1.69. The number of ether oxygens (including phenoxy) is 1. The zero-order valence-electron chi connectivity index (χ0n) is 10.9. The maximum Gasteiger partial charge on any atom is 0.309 e. The Morgan fingerprint density at radius 1 is 1.24 bits per heavy atom. The van der Waals surface area contributed by atoms with Crippen LogP contribution < -0.4 is 0 Å². The maximum atomic E-state index is 11.2. The van der Waals surface area contributed by atoms with Crippen LogP contribution in [0, 0.1) is 5.92 Å². The lowest BCUT2D eigenvalue weighted by molar-refractivity contribution is -0.143. The Kier molecular flexibility index (Phi) is 5.56. The second kappa shape index (κ2) is 6.70. The molecule has 1 atom stereocenters. The van der Waals surface area contributed by atoms with E-state index in [4.69, 9.17) is 4.74 Å². The van der Waals surface area contributed by atoms with Crippen LogP contribution in [0.5, 0.6) is 0 Å². The van der Waals surface area contributed by atoms with Crippen molar-refractivity contribution < 1.29 is 9.53 Å². The molecule has 0 bridgehead atoms. The molecule has 0 radical (unpaired) electrons. The van der Waals surface area contributed by atoms with Gasteiger partial charge in [-0.3, -0.25) is 4.79 Å². The molecule has 0 amide bonds. The molecule has 0 saturated carbocycles. The lowest BCUT2D eigenvalue weighted by atomic mass is 10.0. The first-order valence-corrected chi connectivity index (χ1v) is 6.83. The van der Waals surface area contributed by atoms with Crippen LogP contribution in [-0.2, 0) is 9.53 Å². The first kappa shape index (κ1) is 14.1. The van der Waals surface area contributed by atoms with Crippen molar-refractivity contribution in [3.63, 3.8) is 0 Å². The van der Waals surface area contributed by atoms with Gasteiger partial charge in [-0.15, -0.1) is 11.8 Å². The molecule has 0 heterocycles. The quantitative estimate of drug-likeness (QED) is 0.590. The highest BCUT2D eigenvalue weighted by Gasteiger charge is 2.13. The molecule has 0 spiro atoms. The molecule has 0 aliphatic rings. The van der Waals surface area contributed by atoms with Crippen molar-refractivity contribution >= 4 is 17.7 Å². The molecule has 0 N–H and O–H groups in total. The van der Waals surface area contributed by atoms with Crippen molar-refractivity contribution in [2.45, 2.75) is 31.6 Å². The lowest BCUT2D eigenvalue weighted by Crippen LogP contribution is -2.14. The standard InChI is InChI=1S/C14H20O2S/c1-10(2)12-5-7-13(8-6-12)17-9-11(3)14(15)16-4/h5-8,10-11H,9H2,1-4H3. The fraction of sp³-hybridized carbons (Fsp3) is 0.500. The molecular weight excluding hydrogens is 232 g/mol. The molecule has 1 rings (SSSR count). The summed E-state index contributed by atoms with van der Waals surface area (Å²) in [6.07, 6.45) is 0. The van der Waals surface area contributed by atoms with Crippen molar-refractivity contribution in [2.24, 2.45) is 5.92 Å². The highest BCUT2D eigenvalue weighted by molar-refractivity contribution is 7.99. The van der Waals surface area contributed by atoms with Gasteiger partial charge in [0.15, 0.2) is 0 Å². The maximum absolute atomic E-state index is 11.2. The highest BCUT2D eigenvalue weighted by atomic mass is 32.2. The number of hydrogen-bond acceptors (Lipinski definition) is 3. The van der Waals surface area contributed by atoms with Gasteiger partial charge >= 0.3 is 5.97 Å². The predicted molar refractivity (Wildman–Crippen MR) is 72.4 cm³/mol. The first-order chi connectivity index (χ1) is 8.04. The van der Waals surface area contributed by atoms with Crippen LogP contribution in [0.25, 0.3) is 0 Å². The van der Waals surface area contributed by atoms with Gasteiger partial charge < -0.3 is 4.74 Å². The third kappa shape index (κ3) is 4.43. The van der Waals surface area contributed by atoms with Gasteiger partial charge in [-0.25, -0.2) is 0 Å². The van der Waals surface area contributed by atoms with Crippen LogP contribution in [0.3, 0.4) is 0 Å². The number of carbonyl (C=O) groups excluding carboxylic acids is 1. The van der Waals surface area contributed by atoms with Gasteiger partial charge in [0.2, 0.25) is 0 Å². The summed E-state index contributed by atoms with van der Waals surface area (Å²) in [5.74, 6) is 1.11. The summed E-state index contributed by atoms with van der Waals surface area (Å²) in [7, 11) is 1.43. The molecule has 1 aromatic rings. The molecule has 0 saturated heterocycles. The minimum Gasteiger partial charge on any atom is -0.469 e. The molecule has 0 aromatic heterocycles. The van der Waals surface area contributed by atoms with Gasteiger partial charge in [-0.1, -0.05) is 32.9 Å². The van der Waals surface area contributed by atoms with Crippen LogP contribution in [0.1, 0.15) is 32.3 Å². The summed E-state index contributed by atoms with van der Waals surface area (Å²) in [6.45, 7) is 6.25. The second-order valence-corrected chi connectivity index (χ2v) is 5.55. The minimum atomic E-state index is -0.142. The Morgan fingerprint density at radius 3 is 2.29 bits per heavy atom. The van der Waals surface area contributed by atoms with Gasteiger partial charge in [0.05, 0.1) is 13.0 Å². The number of benzene rings is 1. The van der Waals surface area contributed by atoms with Gasteiger partial charge in [0.1, 0.15) is 0 Å². The molecule has 2 nitrogen and oxygen atoms in total. The van der Waals surface area contributed by atoms with E-state index in [-0.39, 0.29) is 11.9 Å². The molecule has 1 unspecified atom stereocenters. The topological polar surface area (TPSA) is 26.3 Å². The Hall–Kier alpha value is -0.960. The van der Waals surface area contributed by atoms with Crippen LogP contribution in [-0.4, -0.2) is 18.8 Å². The normalized spacial score (nSPS) is 12.5. The molecule has 1 aromatic carbocycles. The molecular formula is C14H20O2S. The van der Waals surface area contributed by atoms with Gasteiger partial charge in [0.25, 0.3) is 0 Å². The van der Waals surface area contributed by atoms with E-state index in [0.29, 0.717) is 5.92 Å². The summed E-state index contributed by atoms with van der Waals surface area (Å²) in [5.41, 5.74) is 1.34. The fourth-order valence-electron chi connectivity index (χ4n) is 1.44. The van der Waals surface area contributed by atoms with Crippen molar-refractivity contribution in [1.29, 1.82) is 0 Å². The number of thioether (sulfide) groups is 1. The largest absolute Gasteiger partial charge is 0.469 e. The Balaban J connectivity index is 2.50. The van der Waals surface area contributed by atoms with E-state index in [0.717, 1.165) is 5.75 Å². The van der Waals surface area contributed by atoms with Gasteiger partial charge in [0, 0.05) is 10.6 Å². The number of carbonyl (C=O) groups is 1. The average molecular weight is 252 g/mol. The van der Waals surface area contributed by atoms with E-state index >= 15 is 0 Å². The van der Waals surface area contributed by atoms with E-state index in [1.54, 1.807) is 11.8 Å². The van der Waals surface area contributed by atoms with E-state index in [2.05, 4.69) is 38.1 Å². The van der Waals surface area contributed by atoms with E-state index < -0.39 is 0 Å². The van der Waals surface area contributed by atoms with E-state index in [1.165, 1.54) is 17.6 Å². The van der Waals surface area contributed by atoms with Crippen LogP contribution in [0.4, 0.5) is 0 Å². The lowest BCUT2D eigenvalue weighted by Gasteiger charge is -2.09. The van der Waals surface area contributed by atoms with Crippen molar-refractivity contribution in [3.8, 4) is 0 Å². The molecule has 0 aliphatic heterocycles. The summed E-state index contributed by atoms with van der Waals surface area (Å²) in [6, 6.07) is 8.53. The second-order valence-electron chi connectivity index (χ2n) is 4.46. The Labute approximate surface area is 108 Å². The summed E-state index contributed by atoms with van der Waals surface area (Å²) in [5, 5.41) is 0. The summed E-state index contributed by atoms with van der Waals surface area (Å²) in [4.78, 5) is 12.4. The molecule has 94 valence electrons. The number of esters is 1. The SMILES string of the molecule is COC(=O)C(C)CSc1ccc(C(C)C)cc1. The van der Waals surface area contributed by atoms with E-state index in [1.807, 2.05) is 6.92 Å². The molecule has 17 heavy (non-hydrogen) atoms. The zero-order valence-corrected chi connectivity index (χ0v) is 11.7. The smallest absolute Gasteiger partial charge is 0.309 e. The Morgan fingerprint density at radius 2 is 1.82 bits per heavy atom. The van der Waals surface area contributed by atoms with Crippen LogP contribution in [0.2, 0.25) is 0 Å². The number of hydrogen-bond donors (Lipinski definition) is 0. The first-order valence-electron chi connectivity index (χ1n) is 5.85. The fourth-order valence-corrected chi connectivity index (χ4v) is 2.35. The van der Waals surface area contributed by atoms with Crippen molar-refractivity contribution in [2.75, 3.05) is 12.9 Å². The third-order valence-corrected chi connectivity index (χ3v) is 3.92. The van der Waals surface area contributed by atoms with Crippen LogP contribution in [0.15, 0.2) is 29.2 Å². The van der Waals surface area contributed by atoms with E-state index in [9.17, 15) is 4.79 Å². The number of rotatable bonds is 5. The molecule has 0 fully saturated rings. The summed E-state index contributed by atoms with van der Waals surface area (Å²) < 4.78 is 4.70. The number of methoxy groups -OCH3 is 1. The monoisotopic (exact) mass is 252 g/mol. The molecule has 3 heteroatoms. The average Bonchev–Trinajstić information content (AvgIpc) is 2.35. The predicted octanol–water partition coefficient (Wildman–Crippen LogP) is 3.71. The van der Waals surface area contributed by atoms with Crippen molar-refractivity contribution in [1.82, 2.24) is 0 Å². The zero-order chi connectivity index (χ0) is 12.8. The van der Waals surface area contributed by atoms with Gasteiger partial charge in [-0.05, 0) is 23.6 Å².